The number of benzene rings is 1. The van der Waals surface area contributed by atoms with Gasteiger partial charge in [-0.1, -0.05) is 30.3 Å². The van der Waals surface area contributed by atoms with Gasteiger partial charge in [-0.3, -0.25) is 19.1 Å². The van der Waals surface area contributed by atoms with Gasteiger partial charge in [0.15, 0.2) is 5.82 Å². The first-order valence-electron chi connectivity index (χ1n) is 10.4. The zero-order valence-electron chi connectivity index (χ0n) is 17.1. The predicted molar refractivity (Wildman–Crippen MR) is 113 cm³/mol. The molecule has 2 aromatic rings. The normalized spacial score (nSPS) is 17.4. The highest BCUT2D eigenvalue weighted by Crippen LogP contribution is 2.36. The Morgan fingerprint density at radius 2 is 1.68 bits per heavy atom. The van der Waals surface area contributed by atoms with E-state index in [0.717, 1.165) is 23.3 Å². The van der Waals surface area contributed by atoms with Gasteiger partial charge in [-0.15, -0.1) is 5.10 Å². The Morgan fingerprint density at radius 1 is 1.00 bits per heavy atom. The van der Waals surface area contributed by atoms with Gasteiger partial charge in [0, 0.05) is 37.5 Å². The first-order valence-corrected chi connectivity index (χ1v) is 12.1. The fraction of sp³-hybridized carbons (Fsp3) is 0.500. The van der Waals surface area contributed by atoms with Crippen LogP contribution < -0.4 is 10.4 Å². The molecule has 166 valence electrons. The molecular weight excluding hydrogens is 422 g/mol. The summed E-state index contributed by atoms with van der Waals surface area (Å²) in [6.45, 7) is -0.0966. The van der Waals surface area contributed by atoms with E-state index in [-0.39, 0.29) is 61.8 Å². The fourth-order valence-corrected chi connectivity index (χ4v) is 4.62. The van der Waals surface area contributed by atoms with Gasteiger partial charge < -0.3 is 0 Å². The summed E-state index contributed by atoms with van der Waals surface area (Å²) in [4.78, 5) is 37.4. The highest BCUT2D eigenvalue weighted by atomic mass is 32.2. The van der Waals surface area contributed by atoms with Crippen LogP contribution in [0.25, 0.3) is 11.4 Å². The van der Waals surface area contributed by atoms with Crippen LogP contribution in [0.2, 0.25) is 0 Å². The summed E-state index contributed by atoms with van der Waals surface area (Å²) in [7, 11) is -3.72. The van der Waals surface area contributed by atoms with E-state index in [1.54, 1.807) is 4.57 Å². The van der Waals surface area contributed by atoms with Crippen LogP contribution in [0.5, 0.6) is 0 Å². The number of nitrogens with one attached hydrogen (secondary N) is 1. The van der Waals surface area contributed by atoms with Crippen molar-refractivity contribution in [3.8, 4) is 11.4 Å². The molecule has 2 aliphatic rings. The zero-order valence-corrected chi connectivity index (χ0v) is 17.9. The van der Waals surface area contributed by atoms with E-state index in [0.29, 0.717) is 12.2 Å². The lowest BCUT2D eigenvalue weighted by molar-refractivity contribution is -0.147. The zero-order chi connectivity index (χ0) is 22.0. The van der Waals surface area contributed by atoms with Crippen molar-refractivity contribution in [2.24, 2.45) is 0 Å². The molecule has 0 spiro atoms. The van der Waals surface area contributed by atoms with Gasteiger partial charge in [-0.05, 0) is 19.3 Å². The molecular formula is C20H25N5O5S. The number of hydrogen-bond acceptors (Lipinski definition) is 6. The summed E-state index contributed by atoms with van der Waals surface area (Å²) in [5, 5.41) is 4.43. The second-order valence-corrected chi connectivity index (χ2v) is 9.73. The predicted octanol–water partition coefficient (Wildman–Crippen LogP) is 0.505. The molecule has 1 aliphatic carbocycles. The maximum Gasteiger partial charge on any atom is 0.346 e. The van der Waals surface area contributed by atoms with Gasteiger partial charge in [0.2, 0.25) is 21.8 Å². The summed E-state index contributed by atoms with van der Waals surface area (Å²) >= 11 is 0. The monoisotopic (exact) mass is 447 g/mol. The van der Waals surface area contributed by atoms with Crippen LogP contribution in [-0.2, 0) is 26.2 Å². The van der Waals surface area contributed by atoms with Crippen LogP contribution in [0.15, 0.2) is 35.1 Å². The second kappa shape index (κ2) is 8.75. The number of amides is 2. The largest absolute Gasteiger partial charge is 0.346 e. The average molecular weight is 448 g/mol. The first kappa shape index (κ1) is 21.4. The molecule has 1 aromatic heterocycles. The van der Waals surface area contributed by atoms with Gasteiger partial charge in [0.25, 0.3) is 0 Å². The summed E-state index contributed by atoms with van der Waals surface area (Å²) in [5.74, 6) is -0.460. The third-order valence-corrected chi connectivity index (χ3v) is 6.79. The van der Waals surface area contributed by atoms with Crippen molar-refractivity contribution in [2.45, 2.75) is 44.7 Å². The number of aromatic nitrogens is 3. The molecule has 10 nitrogen and oxygen atoms in total. The minimum absolute atomic E-state index is 0.0138. The van der Waals surface area contributed by atoms with E-state index in [4.69, 9.17) is 0 Å². The molecule has 2 fully saturated rings. The lowest BCUT2D eigenvalue weighted by atomic mass is 10.1. The Balaban J connectivity index is 1.39. The number of piperidine rings is 1. The molecule has 2 amide bonds. The number of carbonyl (C=O) groups is 2. The Kier molecular flexibility index (Phi) is 6.05. The maximum atomic E-state index is 12.8. The van der Waals surface area contributed by atoms with E-state index in [1.807, 2.05) is 30.3 Å². The topological polar surface area (TPSA) is 123 Å². The molecule has 1 aliphatic heterocycles. The molecule has 1 saturated carbocycles. The molecule has 1 N–H and O–H groups in total. The number of rotatable bonds is 9. The van der Waals surface area contributed by atoms with E-state index < -0.39 is 10.0 Å². The Hall–Kier alpha value is -2.79. The molecule has 31 heavy (non-hydrogen) atoms. The van der Waals surface area contributed by atoms with Crippen LogP contribution in [0.3, 0.4) is 0 Å². The molecule has 0 atom stereocenters. The van der Waals surface area contributed by atoms with Crippen LogP contribution >= 0.6 is 0 Å². The minimum Gasteiger partial charge on any atom is -0.282 e. The maximum absolute atomic E-state index is 12.8. The molecule has 1 saturated heterocycles. The number of carbonyl (C=O) groups excluding carboxylic acids is 2. The van der Waals surface area contributed by atoms with Crippen molar-refractivity contribution < 1.29 is 18.0 Å². The van der Waals surface area contributed by atoms with Crippen molar-refractivity contribution >= 4 is 21.8 Å². The van der Waals surface area contributed by atoms with Crippen LogP contribution in [-0.4, -0.2) is 58.3 Å². The van der Waals surface area contributed by atoms with E-state index in [1.165, 1.54) is 4.68 Å². The SMILES string of the molecule is O=C1CCCC(=O)N1CCS(=O)(=O)NCCn1nc(-c2ccccc2)n(C2CC2)c1=O. The van der Waals surface area contributed by atoms with Crippen molar-refractivity contribution in [3.63, 3.8) is 0 Å². The van der Waals surface area contributed by atoms with E-state index in [9.17, 15) is 22.8 Å². The van der Waals surface area contributed by atoms with Crippen molar-refractivity contribution in [2.75, 3.05) is 18.8 Å². The molecule has 0 radical (unpaired) electrons. The Bertz CT molecular complexity index is 1120. The number of nitrogens with zero attached hydrogens (tertiary/aromatic N) is 4. The number of imide groups is 1. The summed E-state index contributed by atoms with van der Waals surface area (Å²) in [6, 6.07) is 9.55. The summed E-state index contributed by atoms with van der Waals surface area (Å²) in [5.41, 5.74) is 0.576. The van der Waals surface area contributed by atoms with Crippen LogP contribution in [0.1, 0.15) is 38.1 Å². The second-order valence-electron chi connectivity index (χ2n) is 7.80. The Labute approximate surface area is 179 Å². The highest BCUT2D eigenvalue weighted by molar-refractivity contribution is 7.89. The van der Waals surface area contributed by atoms with Gasteiger partial charge in [-0.25, -0.2) is 22.6 Å². The highest BCUT2D eigenvalue weighted by Gasteiger charge is 2.30. The third kappa shape index (κ3) is 4.93. The molecule has 2 heterocycles. The smallest absolute Gasteiger partial charge is 0.282 e. The third-order valence-electron chi connectivity index (χ3n) is 5.43. The number of hydrogen-bond donors (Lipinski definition) is 1. The fourth-order valence-electron chi connectivity index (χ4n) is 3.65. The minimum atomic E-state index is -3.72. The molecule has 11 heteroatoms. The van der Waals surface area contributed by atoms with Gasteiger partial charge in [0.1, 0.15) is 0 Å². The quantitative estimate of drug-likeness (QED) is 0.559. The summed E-state index contributed by atoms with van der Waals surface area (Å²) in [6.07, 6.45) is 2.87. The summed E-state index contributed by atoms with van der Waals surface area (Å²) < 4.78 is 30.0. The first-order chi connectivity index (χ1) is 14.9. The van der Waals surface area contributed by atoms with Crippen molar-refractivity contribution in [1.82, 2.24) is 24.0 Å². The van der Waals surface area contributed by atoms with Gasteiger partial charge in [0.05, 0.1) is 12.3 Å². The molecule has 0 bridgehead atoms. The molecule has 1 aromatic carbocycles. The average Bonchev–Trinajstić information content (AvgIpc) is 3.52. The van der Waals surface area contributed by atoms with Crippen LogP contribution in [0, 0.1) is 0 Å². The molecule has 0 unspecified atom stereocenters. The van der Waals surface area contributed by atoms with E-state index >= 15 is 0 Å². The van der Waals surface area contributed by atoms with Gasteiger partial charge >= 0.3 is 5.69 Å². The number of sulfonamides is 1. The standard InChI is InChI=1S/C20H25N5O5S/c26-17-7-4-8-18(27)23(17)13-14-31(29,30)21-11-12-24-20(28)25(16-9-10-16)19(22-24)15-5-2-1-3-6-15/h1-3,5-6,16,21H,4,7-14H2. The lowest BCUT2D eigenvalue weighted by Gasteiger charge is -2.24. The lowest BCUT2D eigenvalue weighted by Crippen LogP contribution is -2.44. The Morgan fingerprint density at radius 3 is 2.32 bits per heavy atom. The molecule has 4 rings (SSSR count). The van der Waals surface area contributed by atoms with Crippen molar-refractivity contribution in [3.05, 3.63) is 40.8 Å². The van der Waals surface area contributed by atoms with Crippen LogP contribution in [0.4, 0.5) is 0 Å². The van der Waals surface area contributed by atoms with E-state index in [2.05, 4.69) is 9.82 Å². The van der Waals surface area contributed by atoms with Gasteiger partial charge in [-0.2, -0.15) is 0 Å². The number of likely N-dealkylation sites (tertiary alicyclic amines) is 1. The van der Waals surface area contributed by atoms with Crippen molar-refractivity contribution in [1.29, 1.82) is 0 Å².